The second-order valence-corrected chi connectivity index (χ2v) is 7.18. The van der Waals surface area contributed by atoms with Crippen molar-refractivity contribution in [2.75, 3.05) is 0 Å². The molecule has 3 aliphatic carbocycles. The van der Waals surface area contributed by atoms with Gasteiger partial charge in [0.05, 0.1) is 0 Å². The Morgan fingerprint density at radius 2 is 1.72 bits per heavy atom. The summed E-state index contributed by atoms with van der Waals surface area (Å²) in [6, 6.07) is 0. The van der Waals surface area contributed by atoms with E-state index < -0.39 is 0 Å². The van der Waals surface area contributed by atoms with Gasteiger partial charge in [-0.05, 0) is 54.3 Å². The summed E-state index contributed by atoms with van der Waals surface area (Å²) in [5.74, 6) is 4.09. The highest BCUT2D eigenvalue weighted by molar-refractivity contribution is 5.20. The van der Waals surface area contributed by atoms with Crippen LogP contribution in [0.25, 0.3) is 0 Å². The van der Waals surface area contributed by atoms with Crippen LogP contribution in [0.3, 0.4) is 0 Å². The first-order valence-corrected chi connectivity index (χ1v) is 7.62. The van der Waals surface area contributed by atoms with Gasteiger partial charge in [0.25, 0.3) is 0 Å². The number of hydrogen-bond acceptors (Lipinski definition) is 0. The van der Waals surface area contributed by atoms with Crippen LogP contribution >= 0.6 is 0 Å². The number of rotatable bonds is 2. The maximum atomic E-state index is 2.51. The summed E-state index contributed by atoms with van der Waals surface area (Å²) in [7, 11) is 0. The van der Waals surface area contributed by atoms with Crippen LogP contribution in [0, 0.1) is 35.0 Å². The normalized spacial score (nSPS) is 42.5. The van der Waals surface area contributed by atoms with E-state index in [1.165, 1.54) is 19.3 Å². The first-order chi connectivity index (χ1) is 8.60. The van der Waals surface area contributed by atoms with Gasteiger partial charge >= 0.3 is 0 Å². The van der Waals surface area contributed by atoms with E-state index in [1.807, 2.05) is 0 Å². The number of fused-ring (bicyclic) bond motifs is 1. The van der Waals surface area contributed by atoms with Crippen molar-refractivity contribution >= 4 is 0 Å². The molecule has 0 aliphatic heterocycles. The van der Waals surface area contributed by atoms with Crippen LogP contribution in [0.5, 0.6) is 0 Å². The van der Waals surface area contributed by atoms with Gasteiger partial charge in [0.1, 0.15) is 0 Å². The van der Waals surface area contributed by atoms with Gasteiger partial charge in [-0.2, -0.15) is 0 Å². The molecular weight excluding hydrogens is 216 g/mol. The minimum atomic E-state index is 0.455. The molecular formula is C18H26. The van der Waals surface area contributed by atoms with Crippen LogP contribution in [0.1, 0.15) is 40.0 Å². The van der Waals surface area contributed by atoms with Crippen LogP contribution in [-0.2, 0) is 0 Å². The van der Waals surface area contributed by atoms with Crippen molar-refractivity contribution in [2.45, 2.75) is 40.0 Å². The third-order valence-electron chi connectivity index (χ3n) is 5.89. The zero-order valence-corrected chi connectivity index (χ0v) is 12.0. The van der Waals surface area contributed by atoms with Crippen molar-refractivity contribution in [2.24, 2.45) is 35.0 Å². The zero-order valence-electron chi connectivity index (χ0n) is 12.0. The molecule has 1 saturated carbocycles. The van der Waals surface area contributed by atoms with Gasteiger partial charge in [0.2, 0.25) is 0 Å². The van der Waals surface area contributed by atoms with E-state index in [0.717, 1.165) is 29.6 Å². The third-order valence-corrected chi connectivity index (χ3v) is 5.89. The smallest absolute Gasteiger partial charge is 0.0131 e. The monoisotopic (exact) mass is 242 g/mol. The lowest BCUT2D eigenvalue weighted by atomic mass is 9.64. The van der Waals surface area contributed by atoms with Gasteiger partial charge in [0.15, 0.2) is 0 Å². The van der Waals surface area contributed by atoms with Gasteiger partial charge in [-0.15, -0.1) is 0 Å². The Morgan fingerprint density at radius 1 is 1.00 bits per heavy atom. The summed E-state index contributed by atoms with van der Waals surface area (Å²) in [6.07, 6.45) is 18.4. The van der Waals surface area contributed by atoms with Crippen LogP contribution < -0.4 is 0 Å². The maximum Gasteiger partial charge on any atom is -0.0131 e. The molecule has 0 nitrogen and oxygen atoms in total. The highest BCUT2D eigenvalue weighted by Gasteiger charge is 2.48. The van der Waals surface area contributed by atoms with Crippen molar-refractivity contribution in [3.8, 4) is 0 Å². The Hall–Kier alpha value is -0.780. The molecule has 3 rings (SSSR count). The fourth-order valence-electron chi connectivity index (χ4n) is 4.65. The van der Waals surface area contributed by atoms with Crippen LogP contribution in [0.15, 0.2) is 36.5 Å². The highest BCUT2D eigenvalue weighted by atomic mass is 14.5. The molecule has 0 aromatic rings. The second-order valence-electron chi connectivity index (χ2n) is 7.18. The largest absolute Gasteiger partial charge is 0.0882 e. The second kappa shape index (κ2) is 4.40. The van der Waals surface area contributed by atoms with Crippen molar-refractivity contribution in [3.05, 3.63) is 36.5 Å². The average molecular weight is 242 g/mol. The summed E-state index contributed by atoms with van der Waals surface area (Å²) in [4.78, 5) is 0. The SMILES string of the molecule is CC1CC(C(C)(C)C2C=CCC2)C2C=CC=CC12. The van der Waals surface area contributed by atoms with E-state index in [-0.39, 0.29) is 0 Å². The molecule has 0 aromatic heterocycles. The van der Waals surface area contributed by atoms with E-state index in [2.05, 4.69) is 57.2 Å². The van der Waals surface area contributed by atoms with Crippen molar-refractivity contribution in [3.63, 3.8) is 0 Å². The van der Waals surface area contributed by atoms with Gasteiger partial charge in [-0.3, -0.25) is 0 Å². The number of allylic oxidation sites excluding steroid dienone is 6. The summed E-state index contributed by atoms with van der Waals surface area (Å²) in [6.45, 7) is 7.47. The summed E-state index contributed by atoms with van der Waals surface area (Å²) >= 11 is 0. The van der Waals surface area contributed by atoms with E-state index in [0.29, 0.717) is 5.41 Å². The first-order valence-electron chi connectivity index (χ1n) is 7.62. The van der Waals surface area contributed by atoms with E-state index in [1.54, 1.807) is 0 Å². The molecule has 5 atom stereocenters. The van der Waals surface area contributed by atoms with E-state index in [4.69, 9.17) is 0 Å². The van der Waals surface area contributed by atoms with E-state index in [9.17, 15) is 0 Å². The summed E-state index contributed by atoms with van der Waals surface area (Å²) in [5, 5.41) is 0. The van der Waals surface area contributed by atoms with Gasteiger partial charge in [0, 0.05) is 0 Å². The van der Waals surface area contributed by atoms with Gasteiger partial charge in [-0.25, -0.2) is 0 Å². The predicted molar refractivity (Wildman–Crippen MR) is 78.2 cm³/mol. The maximum absolute atomic E-state index is 2.51. The molecule has 0 amide bonds. The number of hydrogen-bond donors (Lipinski definition) is 0. The molecule has 18 heavy (non-hydrogen) atoms. The highest BCUT2D eigenvalue weighted by Crippen LogP contribution is 2.55. The topological polar surface area (TPSA) is 0 Å². The third kappa shape index (κ3) is 1.81. The molecule has 0 N–H and O–H groups in total. The molecule has 5 unspecified atom stereocenters. The Balaban J connectivity index is 1.85. The fourth-order valence-corrected chi connectivity index (χ4v) is 4.65. The Kier molecular flexibility index (Phi) is 3.00. The van der Waals surface area contributed by atoms with Crippen molar-refractivity contribution in [1.82, 2.24) is 0 Å². The average Bonchev–Trinajstić information content (AvgIpc) is 2.98. The van der Waals surface area contributed by atoms with Crippen LogP contribution in [0.4, 0.5) is 0 Å². The molecule has 3 aliphatic rings. The molecule has 0 bridgehead atoms. The van der Waals surface area contributed by atoms with Crippen molar-refractivity contribution < 1.29 is 0 Å². The zero-order chi connectivity index (χ0) is 12.8. The Labute approximate surface area is 112 Å². The van der Waals surface area contributed by atoms with Crippen LogP contribution in [-0.4, -0.2) is 0 Å². The molecule has 98 valence electrons. The molecule has 0 heteroatoms. The minimum Gasteiger partial charge on any atom is -0.0882 e. The Morgan fingerprint density at radius 3 is 2.39 bits per heavy atom. The van der Waals surface area contributed by atoms with Gasteiger partial charge < -0.3 is 0 Å². The molecule has 0 aromatic carbocycles. The fraction of sp³-hybridized carbons (Fsp3) is 0.667. The lowest BCUT2D eigenvalue weighted by molar-refractivity contribution is 0.118. The van der Waals surface area contributed by atoms with E-state index >= 15 is 0 Å². The summed E-state index contributed by atoms with van der Waals surface area (Å²) < 4.78 is 0. The summed E-state index contributed by atoms with van der Waals surface area (Å²) in [5.41, 5.74) is 0.455. The van der Waals surface area contributed by atoms with Gasteiger partial charge in [-0.1, -0.05) is 57.2 Å². The Bertz CT molecular complexity index is 396. The first kappa shape index (κ1) is 12.3. The lowest BCUT2D eigenvalue weighted by Gasteiger charge is -2.40. The van der Waals surface area contributed by atoms with Crippen molar-refractivity contribution in [1.29, 1.82) is 0 Å². The molecule has 0 spiro atoms. The lowest BCUT2D eigenvalue weighted by Crippen LogP contribution is -2.34. The van der Waals surface area contributed by atoms with Crippen LogP contribution in [0.2, 0.25) is 0 Å². The molecule has 0 saturated heterocycles. The minimum absolute atomic E-state index is 0.455. The predicted octanol–water partition coefficient (Wildman–Crippen LogP) is 4.99. The molecule has 0 radical (unpaired) electrons. The quantitative estimate of drug-likeness (QED) is 0.598. The molecule has 1 fully saturated rings. The standard InChI is InChI=1S/C18H26/c1-13-12-17(16-11-7-6-10-15(13)16)18(2,3)14-8-4-5-9-14/h4,6-8,10-11,13-17H,5,9,12H2,1-3H3. The molecule has 0 heterocycles.